The molecule has 0 unspecified atom stereocenters. The van der Waals surface area contributed by atoms with Crippen molar-refractivity contribution in [3.8, 4) is 5.75 Å². The number of ether oxygens (including phenoxy) is 1. The summed E-state index contributed by atoms with van der Waals surface area (Å²) in [6.45, 7) is 0.199. The number of carbonyl (C=O) groups excluding carboxylic acids is 2. The molecular formula is C23H19Cl2N3O3. The molecule has 0 aliphatic rings. The molecule has 0 aliphatic carbocycles. The van der Waals surface area contributed by atoms with Gasteiger partial charge >= 0.3 is 0 Å². The minimum Gasteiger partial charge on any atom is -0.489 e. The Morgan fingerprint density at radius 2 is 1.61 bits per heavy atom. The predicted octanol–water partition coefficient (Wildman–Crippen LogP) is 4.45. The van der Waals surface area contributed by atoms with Crippen molar-refractivity contribution in [2.45, 2.75) is 6.61 Å². The Labute approximate surface area is 189 Å². The maximum atomic E-state index is 12.0. The highest BCUT2D eigenvalue weighted by Crippen LogP contribution is 2.16. The van der Waals surface area contributed by atoms with Crippen LogP contribution in [0.25, 0.3) is 0 Å². The minimum atomic E-state index is -0.450. The smallest absolute Gasteiger partial charge is 0.259 e. The molecule has 31 heavy (non-hydrogen) atoms. The molecule has 2 N–H and O–H groups in total. The lowest BCUT2D eigenvalue weighted by Gasteiger charge is -2.07. The number of halogens is 2. The van der Waals surface area contributed by atoms with Gasteiger partial charge in [-0.15, -0.1) is 0 Å². The molecule has 0 saturated heterocycles. The van der Waals surface area contributed by atoms with E-state index in [-0.39, 0.29) is 12.5 Å². The van der Waals surface area contributed by atoms with Gasteiger partial charge in [0.2, 0.25) is 0 Å². The van der Waals surface area contributed by atoms with Crippen molar-refractivity contribution in [3.05, 3.63) is 99.5 Å². The molecule has 0 fully saturated rings. The van der Waals surface area contributed by atoms with Crippen molar-refractivity contribution in [2.75, 3.05) is 6.54 Å². The van der Waals surface area contributed by atoms with Crippen LogP contribution in [0.4, 0.5) is 0 Å². The Morgan fingerprint density at radius 1 is 0.935 bits per heavy atom. The molecule has 3 aromatic rings. The number of hydrogen-bond acceptors (Lipinski definition) is 4. The van der Waals surface area contributed by atoms with Crippen LogP contribution >= 0.6 is 23.2 Å². The summed E-state index contributed by atoms with van der Waals surface area (Å²) >= 11 is 11.7. The highest BCUT2D eigenvalue weighted by Gasteiger charge is 2.07. The standard InChI is InChI=1S/C23H19Cl2N3O3/c24-19-8-4-16(5-9-19)15-31-21-3-1-2-17(12-21)13-27-28-22(29)14-26-23(30)18-6-10-20(25)11-7-18/h1-13H,14-15H2,(H,26,30)(H,28,29)/b27-13-. The number of benzene rings is 3. The van der Waals surface area contributed by atoms with E-state index in [9.17, 15) is 9.59 Å². The topological polar surface area (TPSA) is 79.8 Å². The van der Waals surface area contributed by atoms with Crippen molar-refractivity contribution in [3.63, 3.8) is 0 Å². The summed E-state index contributed by atoms with van der Waals surface area (Å²) in [5.41, 5.74) is 4.53. The molecule has 0 radical (unpaired) electrons. The van der Waals surface area contributed by atoms with Crippen molar-refractivity contribution in [1.82, 2.24) is 10.7 Å². The van der Waals surface area contributed by atoms with Gasteiger partial charge in [-0.2, -0.15) is 5.10 Å². The highest BCUT2D eigenvalue weighted by molar-refractivity contribution is 6.30. The quantitative estimate of drug-likeness (QED) is 0.388. The molecule has 0 saturated carbocycles. The van der Waals surface area contributed by atoms with Crippen LogP contribution in [0.2, 0.25) is 10.0 Å². The first-order valence-corrected chi connectivity index (χ1v) is 10.1. The summed E-state index contributed by atoms with van der Waals surface area (Å²) in [5.74, 6) is -0.157. The van der Waals surface area contributed by atoms with E-state index >= 15 is 0 Å². The summed E-state index contributed by atoms with van der Waals surface area (Å²) in [5, 5.41) is 7.63. The van der Waals surface area contributed by atoms with E-state index in [1.807, 2.05) is 42.5 Å². The lowest BCUT2D eigenvalue weighted by atomic mass is 10.2. The number of rotatable bonds is 8. The second kappa shape index (κ2) is 11.2. The first kappa shape index (κ1) is 22.3. The van der Waals surface area contributed by atoms with Crippen LogP contribution in [0.1, 0.15) is 21.5 Å². The normalized spacial score (nSPS) is 10.6. The maximum Gasteiger partial charge on any atom is 0.259 e. The van der Waals surface area contributed by atoms with Gasteiger partial charge in [-0.25, -0.2) is 5.43 Å². The number of nitrogens with zero attached hydrogens (tertiary/aromatic N) is 1. The lowest BCUT2D eigenvalue weighted by molar-refractivity contribution is -0.120. The molecule has 0 aromatic heterocycles. The second-order valence-electron chi connectivity index (χ2n) is 6.47. The zero-order chi connectivity index (χ0) is 22.1. The fourth-order valence-corrected chi connectivity index (χ4v) is 2.77. The first-order valence-electron chi connectivity index (χ1n) is 9.32. The molecule has 8 heteroatoms. The largest absolute Gasteiger partial charge is 0.489 e. The van der Waals surface area contributed by atoms with E-state index in [0.29, 0.717) is 28.0 Å². The molecule has 158 valence electrons. The fraction of sp³-hybridized carbons (Fsp3) is 0.0870. The van der Waals surface area contributed by atoms with Crippen molar-refractivity contribution in [2.24, 2.45) is 5.10 Å². The third-order valence-corrected chi connectivity index (χ3v) is 4.60. The predicted molar refractivity (Wildman–Crippen MR) is 122 cm³/mol. The van der Waals surface area contributed by atoms with E-state index in [1.165, 1.54) is 6.21 Å². The zero-order valence-electron chi connectivity index (χ0n) is 16.3. The van der Waals surface area contributed by atoms with Crippen LogP contribution in [0.3, 0.4) is 0 Å². The van der Waals surface area contributed by atoms with Gasteiger partial charge in [0.25, 0.3) is 11.8 Å². The monoisotopic (exact) mass is 455 g/mol. The average Bonchev–Trinajstić information content (AvgIpc) is 2.78. The van der Waals surface area contributed by atoms with Crippen molar-refractivity contribution in [1.29, 1.82) is 0 Å². The van der Waals surface area contributed by atoms with Gasteiger partial charge in [-0.3, -0.25) is 9.59 Å². The number of hydrazone groups is 1. The molecule has 0 bridgehead atoms. The number of amides is 2. The van der Waals surface area contributed by atoms with Crippen LogP contribution in [-0.4, -0.2) is 24.6 Å². The summed E-state index contributed by atoms with van der Waals surface area (Å²) in [6, 6.07) is 21.1. The van der Waals surface area contributed by atoms with E-state index in [0.717, 1.165) is 11.1 Å². The van der Waals surface area contributed by atoms with E-state index in [1.54, 1.807) is 30.3 Å². The van der Waals surface area contributed by atoms with Crippen molar-refractivity contribution < 1.29 is 14.3 Å². The zero-order valence-corrected chi connectivity index (χ0v) is 17.9. The third kappa shape index (κ3) is 7.44. The first-order chi connectivity index (χ1) is 15.0. The summed E-state index contributed by atoms with van der Waals surface area (Å²) < 4.78 is 5.77. The maximum absolute atomic E-state index is 12.0. The Bertz CT molecular complexity index is 1070. The van der Waals surface area contributed by atoms with Crippen LogP contribution < -0.4 is 15.5 Å². The van der Waals surface area contributed by atoms with Crippen LogP contribution in [0.5, 0.6) is 5.75 Å². The number of carbonyl (C=O) groups is 2. The minimum absolute atomic E-state index is 0.205. The molecule has 2 amide bonds. The highest BCUT2D eigenvalue weighted by atomic mass is 35.5. The Morgan fingerprint density at radius 3 is 2.32 bits per heavy atom. The Hall–Kier alpha value is -3.35. The van der Waals surface area contributed by atoms with Gasteiger partial charge in [0, 0.05) is 15.6 Å². The molecular weight excluding hydrogens is 437 g/mol. The summed E-state index contributed by atoms with van der Waals surface area (Å²) in [6.07, 6.45) is 1.49. The van der Waals surface area contributed by atoms with E-state index in [2.05, 4.69) is 15.8 Å². The van der Waals surface area contributed by atoms with Gasteiger partial charge < -0.3 is 10.1 Å². The van der Waals surface area contributed by atoms with Crippen LogP contribution in [-0.2, 0) is 11.4 Å². The van der Waals surface area contributed by atoms with Crippen LogP contribution in [0, 0.1) is 0 Å². The van der Waals surface area contributed by atoms with E-state index in [4.69, 9.17) is 27.9 Å². The van der Waals surface area contributed by atoms with Crippen LogP contribution in [0.15, 0.2) is 77.9 Å². The van der Waals surface area contributed by atoms with Gasteiger partial charge in [0.05, 0.1) is 12.8 Å². The molecule has 0 atom stereocenters. The number of hydrogen-bond donors (Lipinski definition) is 2. The molecule has 6 nitrogen and oxygen atoms in total. The van der Waals surface area contributed by atoms with Gasteiger partial charge in [-0.1, -0.05) is 47.5 Å². The molecule has 3 rings (SSSR count). The third-order valence-electron chi connectivity index (χ3n) is 4.10. The molecule has 0 spiro atoms. The SMILES string of the molecule is O=C(CNC(=O)c1ccc(Cl)cc1)N/N=C\c1cccc(OCc2ccc(Cl)cc2)c1. The Kier molecular flexibility index (Phi) is 8.04. The van der Waals surface area contributed by atoms with Gasteiger partial charge in [0.1, 0.15) is 12.4 Å². The average molecular weight is 456 g/mol. The summed E-state index contributed by atoms with van der Waals surface area (Å²) in [7, 11) is 0. The van der Waals surface area contributed by atoms with E-state index < -0.39 is 5.91 Å². The van der Waals surface area contributed by atoms with Crippen molar-refractivity contribution >= 4 is 41.2 Å². The summed E-state index contributed by atoms with van der Waals surface area (Å²) in [4.78, 5) is 23.9. The van der Waals surface area contributed by atoms with Gasteiger partial charge in [-0.05, 0) is 59.7 Å². The lowest BCUT2D eigenvalue weighted by Crippen LogP contribution is -2.34. The Balaban J connectivity index is 1.45. The van der Waals surface area contributed by atoms with Gasteiger partial charge in [0.15, 0.2) is 0 Å². The molecule has 3 aromatic carbocycles. The molecule has 0 heterocycles. The second-order valence-corrected chi connectivity index (χ2v) is 7.34. The molecule has 0 aliphatic heterocycles. The fourth-order valence-electron chi connectivity index (χ4n) is 2.51. The number of nitrogens with one attached hydrogen (secondary N) is 2.